The number of aromatic nitrogens is 1. The molecule has 0 aliphatic heterocycles. The van der Waals surface area contributed by atoms with Crippen LogP contribution in [0.3, 0.4) is 0 Å². The monoisotopic (exact) mass is 299 g/mol. The molecule has 0 saturated carbocycles. The van der Waals surface area contributed by atoms with E-state index < -0.39 is 6.10 Å². The van der Waals surface area contributed by atoms with Gasteiger partial charge < -0.3 is 10.4 Å². The molecule has 0 amide bonds. The predicted octanol–water partition coefficient (Wildman–Crippen LogP) is 3.87. The summed E-state index contributed by atoms with van der Waals surface area (Å²) < 4.78 is 0. The molecule has 0 saturated heterocycles. The van der Waals surface area contributed by atoms with Crippen molar-refractivity contribution in [3.8, 4) is 0 Å². The maximum Gasteiger partial charge on any atom is 0.213 e. The van der Waals surface area contributed by atoms with E-state index in [1.165, 1.54) is 17.5 Å². The van der Waals surface area contributed by atoms with E-state index in [2.05, 4.69) is 55.3 Å². The van der Waals surface area contributed by atoms with Gasteiger partial charge in [-0.05, 0) is 24.3 Å². The van der Waals surface area contributed by atoms with Crippen LogP contribution in [-0.4, -0.2) is 11.7 Å². The highest BCUT2D eigenvalue weighted by Crippen LogP contribution is 2.43. The van der Waals surface area contributed by atoms with Gasteiger partial charge in [0.2, 0.25) is 5.52 Å². The number of pyridine rings is 1. The number of fused-ring (bicyclic) bond motifs is 2. The second-order valence-electron chi connectivity index (χ2n) is 7.28. The minimum atomic E-state index is -0.399. The number of anilines is 1. The zero-order chi connectivity index (χ0) is 15.7. The molecule has 1 aliphatic rings. The van der Waals surface area contributed by atoms with E-state index in [0.29, 0.717) is 0 Å². The third-order valence-electron chi connectivity index (χ3n) is 4.64. The molecule has 0 bridgehead atoms. The Balaban J connectivity index is 2.14. The first-order valence-corrected chi connectivity index (χ1v) is 8.40. The van der Waals surface area contributed by atoms with Crippen molar-refractivity contribution in [1.29, 1.82) is 0 Å². The fourth-order valence-electron chi connectivity index (χ4n) is 3.60. The van der Waals surface area contributed by atoms with Crippen molar-refractivity contribution in [3.05, 3.63) is 35.5 Å². The number of H-pyrrole nitrogens is 1. The number of rotatable bonds is 4. The summed E-state index contributed by atoms with van der Waals surface area (Å²) in [5.74, 6) is 0. The van der Waals surface area contributed by atoms with Gasteiger partial charge in [-0.25, -0.2) is 4.98 Å². The SMILES string of the molecule is CCCCNc1c2c([nH+]c3ccccc13)CC(C)(C)C[C@@H]2O. The number of unbranched alkanes of at least 4 members (excludes halogenated alkanes) is 1. The molecular formula is C19H27N2O+. The third kappa shape index (κ3) is 2.82. The van der Waals surface area contributed by atoms with Gasteiger partial charge in [0, 0.05) is 19.0 Å². The first-order chi connectivity index (χ1) is 10.5. The highest BCUT2D eigenvalue weighted by Gasteiger charge is 2.37. The summed E-state index contributed by atoms with van der Waals surface area (Å²) in [6.07, 6.45) is 3.70. The molecule has 2 aromatic rings. The molecule has 0 fully saturated rings. The molecule has 3 rings (SSSR count). The van der Waals surface area contributed by atoms with E-state index in [0.717, 1.165) is 42.6 Å². The number of nitrogens with one attached hydrogen (secondary N) is 2. The van der Waals surface area contributed by atoms with E-state index in [1.54, 1.807) is 0 Å². The summed E-state index contributed by atoms with van der Waals surface area (Å²) >= 11 is 0. The third-order valence-corrected chi connectivity index (χ3v) is 4.64. The molecule has 1 aromatic carbocycles. The lowest BCUT2D eigenvalue weighted by Gasteiger charge is -2.33. The van der Waals surface area contributed by atoms with Crippen molar-refractivity contribution in [1.82, 2.24) is 0 Å². The lowest BCUT2D eigenvalue weighted by molar-refractivity contribution is -0.362. The van der Waals surface area contributed by atoms with E-state index in [1.807, 2.05) is 0 Å². The lowest BCUT2D eigenvalue weighted by atomic mass is 9.74. The van der Waals surface area contributed by atoms with Crippen LogP contribution in [-0.2, 0) is 6.42 Å². The summed E-state index contributed by atoms with van der Waals surface area (Å²) in [6, 6.07) is 8.37. The highest BCUT2D eigenvalue weighted by atomic mass is 16.3. The fourth-order valence-corrected chi connectivity index (χ4v) is 3.60. The van der Waals surface area contributed by atoms with E-state index >= 15 is 0 Å². The van der Waals surface area contributed by atoms with Crippen LogP contribution in [0.4, 0.5) is 5.69 Å². The summed E-state index contributed by atoms with van der Waals surface area (Å²) in [5, 5.41) is 15.5. The maximum atomic E-state index is 10.7. The van der Waals surface area contributed by atoms with Gasteiger partial charge in [0.05, 0.1) is 22.7 Å². The van der Waals surface area contributed by atoms with Crippen molar-refractivity contribution in [2.75, 3.05) is 11.9 Å². The van der Waals surface area contributed by atoms with Gasteiger partial charge in [0.25, 0.3) is 0 Å². The zero-order valence-electron chi connectivity index (χ0n) is 13.9. The van der Waals surface area contributed by atoms with Crippen LogP contribution in [0.25, 0.3) is 10.9 Å². The first-order valence-electron chi connectivity index (χ1n) is 8.40. The maximum absolute atomic E-state index is 10.7. The van der Waals surface area contributed by atoms with Crippen LogP contribution in [0.5, 0.6) is 0 Å². The van der Waals surface area contributed by atoms with E-state index in [-0.39, 0.29) is 5.41 Å². The van der Waals surface area contributed by atoms with Crippen molar-refractivity contribution >= 4 is 16.6 Å². The van der Waals surface area contributed by atoms with Crippen LogP contribution in [0.1, 0.15) is 57.4 Å². The lowest BCUT2D eigenvalue weighted by Crippen LogP contribution is -2.32. The molecule has 0 radical (unpaired) electrons. The minimum Gasteiger partial charge on any atom is -0.388 e. The molecular weight excluding hydrogens is 272 g/mol. The van der Waals surface area contributed by atoms with Crippen molar-refractivity contribution in [2.45, 2.75) is 52.6 Å². The van der Waals surface area contributed by atoms with E-state index in [9.17, 15) is 5.11 Å². The zero-order valence-corrected chi connectivity index (χ0v) is 13.9. The quantitative estimate of drug-likeness (QED) is 0.842. The summed E-state index contributed by atoms with van der Waals surface area (Å²) in [5.41, 5.74) is 4.66. The van der Waals surface area contributed by atoms with Crippen molar-refractivity contribution < 1.29 is 10.1 Å². The molecule has 1 aliphatic carbocycles. The molecule has 0 unspecified atom stereocenters. The van der Waals surface area contributed by atoms with Gasteiger partial charge >= 0.3 is 0 Å². The summed E-state index contributed by atoms with van der Waals surface area (Å²) in [4.78, 5) is 3.56. The average molecular weight is 299 g/mol. The Hall–Kier alpha value is -1.61. The first kappa shape index (κ1) is 15.3. The number of hydrogen-bond acceptors (Lipinski definition) is 2. The van der Waals surface area contributed by atoms with Crippen LogP contribution in [0.2, 0.25) is 0 Å². The smallest absolute Gasteiger partial charge is 0.213 e. The molecule has 1 aromatic heterocycles. The van der Waals surface area contributed by atoms with Gasteiger partial charge in [-0.1, -0.05) is 39.3 Å². The van der Waals surface area contributed by atoms with Crippen LogP contribution >= 0.6 is 0 Å². The summed E-state index contributed by atoms with van der Waals surface area (Å²) in [6.45, 7) is 7.61. The number of para-hydroxylation sites is 1. The molecule has 3 nitrogen and oxygen atoms in total. The Labute approximate surface area is 132 Å². The van der Waals surface area contributed by atoms with Crippen molar-refractivity contribution in [3.63, 3.8) is 0 Å². The fraction of sp³-hybridized carbons (Fsp3) is 0.526. The number of hydrogen-bond donors (Lipinski definition) is 2. The normalized spacial score (nSPS) is 19.9. The van der Waals surface area contributed by atoms with E-state index in [4.69, 9.17) is 0 Å². The molecule has 22 heavy (non-hydrogen) atoms. The van der Waals surface area contributed by atoms with Gasteiger partial charge in [-0.15, -0.1) is 0 Å². The van der Waals surface area contributed by atoms with Crippen LogP contribution in [0, 0.1) is 5.41 Å². The largest absolute Gasteiger partial charge is 0.388 e. The average Bonchev–Trinajstić information content (AvgIpc) is 2.45. The van der Waals surface area contributed by atoms with Gasteiger partial charge in [0.15, 0.2) is 5.69 Å². The Morgan fingerprint density at radius 1 is 1.32 bits per heavy atom. The van der Waals surface area contributed by atoms with Gasteiger partial charge in [-0.2, -0.15) is 0 Å². The Morgan fingerprint density at radius 3 is 2.86 bits per heavy atom. The van der Waals surface area contributed by atoms with Gasteiger partial charge in [-0.3, -0.25) is 0 Å². The van der Waals surface area contributed by atoms with Crippen LogP contribution < -0.4 is 10.3 Å². The Morgan fingerprint density at radius 2 is 2.09 bits per heavy atom. The molecule has 3 heteroatoms. The Kier molecular flexibility index (Phi) is 4.09. The second-order valence-corrected chi connectivity index (χ2v) is 7.28. The minimum absolute atomic E-state index is 0.131. The topological polar surface area (TPSA) is 46.4 Å². The number of aliphatic hydroxyl groups excluding tert-OH is 1. The molecule has 3 N–H and O–H groups in total. The summed E-state index contributed by atoms with van der Waals surface area (Å²) in [7, 11) is 0. The standard InChI is InChI=1S/C19H26N2O/c1-4-5-10-20-18-13-8-6-7-9-14(13)21-15-11-19(2,3)12-16(22)17(15)18/h6-9,16,22H,4-5,10-12H2,1-3H3,(H,20,21)/p+1/t16-/m0/s1. The number of benzene rings is 1. The molecule has 1 heterocycles. The van der Waals surface area contributed by atoms with Crippen LogP contribution in [0.15, 0.2) is 24.3 Å². The van der Waals surface area contributed by atoms with Gasteiger partial charge in [0.1, 0.15) is 0 Å². The van der Waals surface area contributed by atoms with Crippen molar-refractivity contribution in [2.24, 2.45) is 5.41 Å². The molecule has 118 valence electrons. The number of aromatic amines is 1. The molecule has 0 spiro atoms. The predicted molar refractivity (Wildman–Crippen MR) is 91.0 cm³/mol. The molecule has 1 atom stereocenters. The Bertz CT molecular complexity index is 678. The number of aliphatic hydroxyl groups is 1. The second kappa shape index (κ2) is 5.88. The highest BCUT2D eigenvalue weighted by molar-refractivity contribution is 5.91.